The minimum Gasteiger partial charge on any atom is -0.479 e. The van der Waals surface area contributed by atoms with Crippen molar-refractivity contribution in [1.29, 1.82) is 0 Å². The van der Waals surface area contributed by atoms with Gasteiger partial charge >= 0.3 is 24.0 Å². The number of ether oxygens (including phenoxy) is 5. The van der Waals surface area contributed by atoms with Crippen molar-refractivity contribution in [3.05, 3.63) is 97.6 Å². The Morgan fingerprint density at radius 3 is 2.15 bits per heavy atom. The molecule has 33 nitrogen and oxygen atoms in total. The van der Waals surface area contributed by atoms with E-state index in [9.17, 15) is 98.7 Å². The number of carboxylic acids is 2. The number of carbonyl (C=O) groups excluding carboxylic acids is 8. The number of fused-ring (bicyclic) bond motifs is 5. The number of pyridine rings is 2. The number of aliphatic carboxylic acids is 2. The molecule has 34 heteroatoms. The number of nitrogens with one attached hydrogen (secondary N) is 5. The van der Waals surface area contributed by atoms with Gasteiger partial charge in [-0.2, -0.15) is 0 Å². The molecule has 14 N–H and O–H groups in total. The lowest BCUT2D eigenvalue weighted by atomic mass is 9.86. The third-order valence-electron chi connectivity index (χ3n) is 16.8. The Balaban J connectivity index is 0.838. The van der Waals surface area contributed by atoms with Gasteiger partial charge in [0, 0.05) is 60.7 Å². The summed E-state index contributed by atoms with van der Waals surface area (Å²) in [5, 5.41) is 105. The van der Waals surface area contributed by atoms with E-state index in [1.54, 1.807) is 19.9 Å². The molecule has 0 bridgehead atoms. The second-order valence-electron chi connectivity index (χ2n) is 22.9. The van der Waals surface area contributed by atoms with Crippen molar-refractivity contribution in [1.82, 2.24) is 35.7 Å². The number of aliphatic hydroxyl groups is 7. The molecule has 2 fully saturated rings. The number of esters is 1. The molecule has 5 aliphatic heterocycles. The highest BCUT2D eigenvalue weighted by Gasteiger charge is 2.50. The zero-order valence-electron chi connectivity index (χ0n) is 50.4. The van der Waals surface area contributed by atoms with Crippen LogP contribution in [0.25, 0.3) is 22.3 Å². The van der Waals surface area contributed by atoms with Crippen LogP contribution in [-0.2, 0) is 93.9 Å². The van der Waals surface area contributed by atoms with Crippen LogP contribution in [0.3, 0.4) is 0 Å². The number of amides is 7. The fraction of sp³-hybridized carbons (Fsp3) is 0.467. The number of cyclic esters (lactones) is 1. The first-order chi connectivity index (χ1) is 44.5. The molecule has 2 aromatic heterocycles. The van der Waals surface area contributed by atoms with Gasteiger partial charge in [0.15, 0.2) is 24.0 Å². The molecule has 0 saturated carbocycles. The number of imide groups is 1. The van der Waals surface area contributed by atoms with Gasteiger partial charge in [-0.1, -0.05) is 13.0 Å². The monoisotopic (exact) mass is 1320 g/mol. The number of aliphatic hydroxyl groups excluding tert-OH is 6. The molecule has 2 aromatic carbocycles. The predicted octanol–water partition coefficient (Wildman–Crippen LogP) is -3.00. The van der Waals surface area contributed by atoms with Crippen LogP contribution in [0.15, 0.2) is 47.3 Å². The Morgan fingerprint density at radius 2 is 1.47 bits per heavy atom. The van der Waals surface area contributed by atoms with Crippen LogP contribution in [0.1, 0.15) is 84.4 Å². The first-order valence-electron chi connectivity index (χ1n) is 29.6. The summed E-state index contributed by atoms with van der Waals surface area (Å²) in [4.78, 5) is 146. The SMILES string of the molecule is CC[C@@]1(O)C(=O)OCc2c1cc1n(c2=O)Cc2c-1nc1cc(F)c(C)c(CCCNC(=O)OCc3ccc(O[C@@H]4O[C@H](C(=O)O)[C@@H](O)[C@H](O)[C@H]4O)c(NC(=O)CCNC(=O)[C@H](CCCC(=O)N[C@H]4O[C@H](C(=O)O)[C@@H](O)[C@H](O)[C@H]4O)NC(=O)CN4C(=O)C=CC4=O)c3)c1c2C. The van der Waals surface area contributed by atoms with Crippen molar-refractivity contribution >= 4 is 76.0 Å². The fourth-order valence-corrected chi connectivity index (χ4v) is 11.5. The molecule has 0 spiro atoms. The van der Waals surface area contributed by atoms with Gasteiger partial charge in [-0.15, -0.1) is 0 Å². The van der Waals surface area contributed by atoms with Crippen LogP contribution in [0.2, 0.25) is 0 Å². The summed E-state index contributed by atoms with van der Waals surface area (Å²) in [6.07, 6.45) is -20.5. The van der Waals surface area contributed by atoms with Crippen molar-refractivity contribution in [2.75, 3.05) is 25.0 Å². The molecular weight excluding hydrogens is 1250 g/mol. The van der Waals surface area contributed by atoms with Gasteiger partial charge in [0.2, 0.25) is 29.9 Å². The van der Waals surface area contributed by atoms with Crippen LogP contribution < -0.4 is 36.9 Å². The van der Waals surface area contributed by atoms with E-state index >= 15 is 4.39 Å². The van der Waals surface area contributed by atoms with Crippen molar-refractivity contribution in [2.45, 2.75) is 158 Å². The zero-order chi connectivity index (χ0) is 68.4. The number of halogens is 1. The molecule has 0 radical (unpaired) electrons. The first-order valence-corrected chi connectivity index (χ1v) is 29.6. The van der Waals surface area contributed by atoms with Crippen molar-refractivity contribution in [2.24, 2.45) is 0 Å². The van der Waals surface area contributed by atoms with Gasteiger partial charge in [-0.25, -0.2) is 28.6 Å². The quantitative estimate of drug-likeness (QED) is 0.0166. The molecular formula is C60H67FN8O25. The predicted molar refractivity (Wildman–Crippen MR) is 312 cm³/mol. The van der Waals surface area contributed by atoms with E-state index in [0.717, 1.165) is 12.2 Å². The maximum absolute atomic E-state index is 15.7. The minimum absolute atomic E-state index is 0.00933. The summed E-state index contributed by atoms with van der Waals surface area (Å²) in [5.41, 5.74) is 1.01. The molecule has 2 saturated heterocycles. The second-order valence-corrected chi connectivity index (χ2v) is 22.9. The highest BCUT2D eigenvalue weighted by atomic mass is 19.1. The Labute approximate surface area is 530 Å². The Kier molecular flexibility index (Phi) is 20.9. The molecule has 0 aliphatic carbocycles. The number of aryl methyl sites for hydroxylation is 2. The van der Waals surface area contributed by atoms with E-state index in [-0.39, 0.29) is 85.4 Å². The van der Waals surface area contributed by atoms with Crippen molar-refractivity contribution in [3.63, 3.8) is 0 Å². The molecule has 12 atom stereocenters. The molecule has 94 heavy (non-hydrogen) atoms. The average Bonchev–Trinajstić information content (AvgIpc) is 1.51. The number of anilines is 1. The summed E-state index contributed by atoms with van der Waals surface area (Å²) in [6.45, 7) is 3.02. The summed E-state index contributed by atoms with van der Waals surface area (Å²) in [6, 6.07) is 5.10. The highest BCUT2D eigenvalue weighted by molar-refractivity contribution is 6.14. The summed E-state index contributed by atoms with van der Waals surface area (Å²) < 4.78 is 43.9. The molecule has 9 rings (SSSR count). The minimum atomic E-state index is -2.10. The number of alkyl carbamates (subject to hydrolysis) is 1. The molecule has 0 unspecified atom stereocenters. The van der Waals surface area contributed by atoms with Gasteiger partial charge < -0.3 is 101 Å². The Hall–Kier alpha value is -9.39. The number of benzene rings is 2. The number of aromatic nitrogens is 2. The molecule has 5 aliphatic rings. The lowest BCUT2D eigenvalue weighted by molar-refractivity contribution is -0.271. The number of hydrogen-bond donors (Lipinski definition) is 14. The van der Waals surface area contributed by atoms with Gasteiger partial charge in [-0.05, 0) is 86.4 Å². The smallest absolute Gasteiger partial charge is 0.407 e. The fourth-order valence-electron chi connectivity index (χ4n) is 11.5. The number of carbonyl (C=O) groups is 10. The topological polar surface area (TPSA) is 497 Å². The standard InChI is InChI=1S/C60H67FN8O25/c1-4-60(89)30-18-35-43-28(20-68(35)54(82)29(30)23-90-58(60)87)25(3)42-27(24(2)31(61)19-34(42)66-43)7-6-15-63-59(88)91-22-26-10-11-36(92-57-49(80)45(76)47(78)51(94-57)56(85)86)33(17-26)65-38(71)14-16-62-52(81)32(64-39(72)21-69-40(73)12-13-41(69)74)8-5-9-37(70)67-53-48(79)44(75)46(77)50(93-53)55(83)84/h10-13,17-19,32,44-51,53,57,75-80,89H,4-9,14-16,20-23H2,1-3H3,(H,62,81)(H,63,88)(H,64,72)(H,65,71)(H,67,70)(H,83,84)(H,85,86)/t32-,44-,45-,46-,47-,48+,49+,50-,51-,53-,57+,60-/m0/s1. The third-order valence-corrected chi connectivity index (χ3v) is 16.8. The number of nitrogens with zero attached hydrogens (tertiary/aromatic N) is 3. The van der Waals surface area contributed by atoms with Crippen molar-refractivity contribution < 1.29 is 122 Å². The van der Waals surface area contributed by atoms with E-state index in [1.165, 1.54) is 28.8 Å². The third kappa shape index (κ3) is 14.2. The molecule has 7 amide bonds. The van der Waals surface area contributed by atoms with E-state index in [4.69, 9.17) is 28.7 Å². The number of carboxylic acid groups (broad SMARTS) is 2. The van der Waals surface area contributed by atoms with Gasteiger partial charge in [0.05, 0.1) is 34.7 Å². The lowest BCUT2D eigenvalue weighted by Crippen LogP contribution is -2.64. The van der Waals surface area contributed by atoms with Crippen LogP contribution >= 0.6 is 0 Å². The highest BCUT2D eigenvalue weighted by Crippen LogP contribution is 2.42. The van der Waals surface area contributed by atoms with Crippen LogP contribution in [0, 0.1) is 19.7 Å². The van der Waals surface area contributed by atoms with Gasteiger partial charge in [-0.3, -0.25) is 38.5 Å². The van der Waals surface area contributed by atoms with Crippen molar-refractivity contribution in [3.8, 4) is 17.1 Å². The van der Waals surface area contributed by atoms with Crippen LogP contribution in [-0.4, -0.2) is 207 Å². The van der Waals surface area contributed by atoms with E-state index in [2.05, 4.69) is 26.6 Å². The maximum Gasteiger partial charge on any atom is 0.407 e. The summed E-state index contributed by atoms with van der Waals surface area (Å²) >= 11 is 0. The van der Waals surface area contributed by atoms with E-state index < -0.39 is 176 Å². The number of rotatable bonds is 24. The molecule has 7 heterocycles. The number of hydrogen-bond acceptors (Lipinski definition) is 24. The molecule has 4 aromatic rings. The van der Waals surface area contributed by atoms with Crippen LogP contribution in [0.4, 0.5) is 14.9 Å². The maximum atomic E-state index is 15.7. The Morgan fingerprint density at radius 1 is 0.787 bits per heavy atom. The Bertz CT molecular complexity index is 3820. The largest absolute Gasteiger partial charge is 0.479 e. The van der Waals surface area contributed by atoms with Gasteiger partial charge in [0.25, 0.3) is 17.4 Å². The zero-order valence-corrected chi connectivity index (χ0v) is 50.4. The van der Waals surface area contributed by atoms with Crippen LogP contribution in [0.5, 0.6) is 5.75 Å². The second kappa shape index (κ2) is 28.5. The molecule has 504 valence electrons. The van der Waals surface area contributed by atoms with Gasteiger partial charge in [0.1, 0.15) is 74.0 Å². The summed E-state index contributed by atoms with van der Waals surface area (Å²) in [5.74, 6) is -10.6. The van der Waals surface area contributed by atoms with E-state index in [1.807, 2.05) is 6.92 Å². The lowest BCUT2D eigenvalue weighted by Gasteiger charge is -2.38. The first kappa shape index (κ1) is 69.0. The normalized spacial score (nSPS) is 24.7. The van der Waals surface area contributed by atoms with E-state index in [0.29, 0.717) is 43.9 Å². The summed E-state index contributed by atoms with van der Waals surface area (Å²) in [7, 11) is 0. The average molecular weight is 1320 g/mol.